The fourth-order valence-corrected chi connectivity index (χ4v) is 3.50. The summed E-state index contributed by atoms with van der Waals surface area (Å²) in [5.74, 6) is -0.322. The molecule has 1 fully saturated rings. The Balaban J connectivity index is 1.74. The molecule has 1 aliphatic rings. The zero-order valence-electron chi connectivity index (χ0n) is 15.2. The Hall–Kier alpha value is -2.57. The molecule has 1 atom stereocenters. The highest BCUT2D eigenvalue weighted by Gasteiger charge is 2.31. The van der Waals surface area contributed by atoms with Crippen molar-refractivity contribution in [1.82, 2.24) is 15.5 Å². The minimum absolute atomic E-state index is 0.322. The molecule has 1 heterocycles. The van der Waals surface area contributed by atoms with Crippen LogP contribution in [0.1, 0.15) is 11.6 Å². The van der Waals surface area contributed by atoms with E-state index in [-0.39, 0.29) is 5.91 Å². The lowest BCUT2D eigenvalue weighted by atomic mass is 10.0. The van der Waals surface area contributed by atoms with Gasteiger partial charge in [-0.1, -0.05) is 48.0 Å². The summed E-state index contributed by atoms with van der Waals surface area (Å²) < 4.78 is 0. The molecule has 2 aromatic carbocycles. The van der Waals surface area contributed by atoms with Crippen LogP contribution in [0.4, 0.5) is 10.5 Å². The summed E-state index contributed by atoms with van der Waals surface area (Å²) in [6.07, 6.45) is 0. The average molecular weight is 387 g/mol. The molecule has 6 nitrogen and oxygen atoms in total. The molecule has 1 saturated heterocycles. The fourth-order valence-electron chi connectivity index (χ4n) is 3.32. The molecule has 0 saturated carbocycles. The second-order valence-corrected chi connectivity index (χ2v) is 6.82. The van der Waals surface area contributed by atoms with Crippen LogP contribution in [0.25, 0.3) is 0 Å². The van der Waals surface area contributed by atoms with Crippen LogP contribution in [0.2, 0.25) is 5.02 Å². The minimum Gasteiger partial charge on any atom is -0.369 e. The summed E-state index contributed by atoms with van der Waals surface area (Å²) in [6, 6.07) is 16.3. The zero-order valence-corrected chi connectivity index (χ0v) is 15.9. The number of amides is 3. The molecule has 0 aromatic heterocycles. The van der Waals surface area contributed by atoms with Gasteiger partial charge in [0.15, 0.2) is 0 Å². The van der Waals surface area contributed by atoms with Gasteiger partial charge in [-0.25, -0.2) is 4.79 Å². The molecule has 2 N–H and O–H groups in total. The van der Waals surface area contributed by atoms with Gasteiger partial charge in [-0.05, 0) is 23.8 Å². The second kappa shape index (κ2) is 8.88. The highest BCUT2D eigenvalue weighted by molar-refractivity contribution is 6.30. The fraction of sp³-hybridized carbons (Fsp3) is 0.300. The van der Waals surface area contributed by atoms with Gasteiger partial charge in [0.2, 0.25) is 5.91 Å². The van der Waals surface area contributed by atoms with Crippen LogP contribution in [0.3, 0.4) is 0 Å². The predicted octanol–water partition coefficient (Wildman–Crippen LogP) is 2.66. The maximum Gasteiger partial charge on any atom is 0.321 e. The van der Waals surface area contributed by atoms with Crippen molar-refractivity contribution in [1.29, 1.82) is 0 Å². The van der Waals surface area contributed by atoms with E-state index in [9.17, 15) is 9.59 Å². The molecule has 142 valence electrons. The summed E-state index contributed by atoms with van der Waals surface area (Å²) >= 11 is 6.10. The molecule has 3 rings (SSSR count). The molecule has 7 heteroatoms. The monoisotopic (exact) mass is 386 g/mol. The lowest BCUT2D eigenvalue weighted by molar-refractivity contribution is -0.125. The van der Waals surface area contributed by atoms with Gasteiger partial charge in [0.1, 0.15) is 6.04 Å². The maximum absolute atomic E-state index is 12.8. The Morgan fingerprint density at radius 1 is 1.00 bits per heavy atom. The molecule has 1 aliphatic heterocycles. The number of hydrogen-bond donors (Lipinski definition) is 2. The van der Waals surface area contributed by atoms with E-state index in [1.54, 1.807) is 0 Å². The number of imide groups is 1. The van der Waals surface area contributed by atoms with E-state index in [0.717, 1.165) is 24.3 Å². The number of benzene rings is 2. The quantitative estimate of drug-likeness (QED) is 0.847. The molecule has 2 aromatic rings. The van der Waals surface area contributed by atoms with Gasteiger partial charge in [-0.2, -0.15) is 0 Å². The number of nitrogens with zero attached hydrogens (tertiary/aromatic N) is 2. The smallest absolute Gasteiger partial charge is 0.321 e. The second-order valence-electron chi connectivity index (χ2n) is 6.38. The molecule has 0 bridgehead atoms. The van der Waals surface area contributed by atoms with Crippen LogP contribution in [-0.4, -0.2) is 50.1 Å². The topological polar surface area (TPSA) is 64.7 Å². The van der Waals surface area contributed by atoms with E-state index in [1.165, 1.54) is 7.05 Å². The number of carbonyl (C=O) groups excluding carboxylic acids is 2. The van der Waals surface area contributed by atoms with Gasteiger partial charge in [0, 0.05) is 43.9 Å². The molecule has 27 heavy (non-hydrogen) atoms. The summed E-state index contributed by atoms with van der Waals surface area (Å²) in [5.41, 5.74) is 1.95. The van der Waals surface area contributed by atoms with Crippen molar-refractivity contribution in [3.8, 4) is 0 Å². The average Bonchev–Trinajstić information content (AvgIpc) is 2.69. The number of nitrogens with one attached hydrogen (secondary N) is 2. The first-order valence-corrected chi connectivity index (χ1v) is 9.28. The van der Waals surface area contributed by atoms with Crippen LogP contribution in [-0.2, 0) is 4.79 Å². The van der Waals surface area contributed by atoms with Gasteiger partial charge in [-0.3, -0.25) is 15.0 Å². The van der Waals surface area contributed by atoms with E-state index in [2.05, 4.69) is 20.4 Å². The summed E-state index contributed by atoms with van der Waals surface area (Å²) in [7, 11) is 1.49. The van der Waals surface area contributed by atoms with Crippen molar-refractivity contribution in [2.24, 2.45) is 0 Å². The third-order valence-corrected chi connectivity index (χ3v) is 4.92. The third-order valence-electron chi connectivity index (χ3n) is 4.68. The Bertz CT molecular complexity index is 792. The molecular formula is C20H23ClN4O2. The van der Waals surface area contributed by atoms with Crippen LogP contribution >= 0.6 is 11.6 Å². The highest BCUT2D eigenvalue weighted by Crippen LogP contribution is 2.25. The summed E-state index contributed by atoms with van der Waals surface area (Å²) in [4.78, 5) is 28.7. The molecule has 0 spiro atoms. The molecular weight excluding hydrogens is 364 g/mol. The predicted molar refractivity (Wildman–Crippen MR) is 107 cm³/mol. The van der Waals surface area contributed by atoms with Crippen LogP contribution in [0, 0.1) is 0 Å². The van der Waals surface area contributed by atoms with Crippen molar-refractivity contribution in [3.63, 3.8) is 0 Å². The maximum atomic E-state index is 12.8. The first-order chi connectivity index (χ1) is 13.1. The van der Waals surface area contributed by atoms with Gasteiger partial charge in [-0.15, -0.1) is 0 Å². The Kier molecular flexibility index (Phi) is 6.32. The normalized spacial score (nSPS) is 15.9. The SMILES string of the molecule is CNC(=O)NC(=O)C(c1ccccc1)N1CCN(c2cccc(Cl)c2)CC1. The number of hydrogen-bond acceptors (Lipinski definition) is 4. The summed E-state index contributed by atoms with van der Waals surface area (Å²) in [6.45, 7) is 2.95. The number of piperazine rings is 1. The Morgan fingerprint density at radius 3 is 2.33 bits per heavy atom. The Labute approximate surface area is 164 Å². The number of rotatable bonds is 4. The highest BCUT2D eigenvalue weighted by atomic mass is 35.5. The third kappa shape index (κ3) is 4.78. The van der Waals surface area contributed by atoms with Crippen LogP contribution in [0.5, 0.6) is 0 Å². The molecule has 1 unspecified atom stereocenters. The van der Waals surface area contributed by atoms with E-state index < -0.39 is 12.1 Å². The number of urea groups is 1. The van der Waals surface area contributed by atoms with E-state index >= 15 is 0 Å². The van der Waals surface area contributed by atoms with Gasteiger partial charge >= 0.3 is 6.03 Å². The molecule has 3 amide bonds. The van der Waals surface area contributed by atoms with Gasteiger partial charge < -0.3 is 10.2 Å². The number of halogens is 1. The largest absolute Gasteiger partial charge is 0.369 e. The van der Waals surface area contributed by atoms with Crippen molar-refractivity contribution in [3.05, 3.63) is 65.2 Å². The lowest BCUT2D eigenvalue weighted by Gasteiger charge is -2.39. The minimum atomic E-state index is -0.509. The van der Waals surface area contributed by atoms with Crippen LogP contribution in [0.15, 0.2) is 54.6 Å². The van der Waals surface area contributed by atoms with Crippen molar-refractivity contribution in [2.75, 3.05) is 38.1 Å². The van der Waals surface area contributed by atoms with Crippen molar-refractivity contribution in [2.45, 2.75) is 6.04 Å². The molecule has 0 aliphatic carbocycles. The first-order valence-electron chi connectivity index (χ1n) is 8.90. The first kappa shape index (κ1) is 19.2. The van der Waals surface area contributed by atoms with Gasteiger partial charge in [0.05, 0.1) is 0 Å². The zero-order chi connectivity index (χ0) is 19.2. The van der Waals surface area contributed by atoms with Crippen molar-refractivity contribution >= 4 is 29.2 Å². The van der Waals surface area contributed by atoms with Gasteiger partial charge in [0.25, 0.3) is 0 Å². The number of carbonyl (C=O) groups is 2. The lowest BCUT2D eigenvalue weighted by Crippen LogP contribution is -2.52. The van der Waals surface area contributed by atoms with Crippen LogP contribution < -0.4 is 15.5 Å². The van der Waals surface area contributed by atoms with E-state index in [4.69, 9.17) is 11.6 Å². The van der Waals surface area contributed by atoms with E-state index in [1.807, 2.05) is 54.6 Å². The van der Waals surface area contributed by atoms with E-state index in [0.29, 0.717) is 18.1 Å². The van der Waals surface area contributed by atoms with Crippen molar-refractivity contribution < 1.29 is 9.59 Å². The standard InChI is InChI=1S/C20H23ClN4O2/c1-22-20(27)23-19(26)18(15-6-3-2-4-7-15)25-12-10-24(11-13-25)17-9-5-8-16(21)14-17/h2-9,14,18H,10-13H2,1H3,(H2,22,23,26,27). The summed E-state index contributed by atoms with van der Waals surface area (Å²) in [5, 5.41) is 5.55. The molecule has 0 radical (unpaired) electrons. The number of anilines is 1. The Morgan fingerprint density at radius 2 is 1.70 bits per heavy atom.